The van der Waals surface area contributed by atoms with Crippen LogP contribution in [-0.4, -0.2) is 4.98 Å². The Balaban J connectivity index is 2.04. The molecule has 0 bridgehead atoms. The summed E-state index contributed by atoms with van der Waals surface area (Å²) in [4.78, 5) is 4.70. The van der Waals surface area contributed by atoms with Crippen LogP contribution in [0.4, 0.5) is 0 Å². The molecule has 1 heterocycles. The molecule has 2 aromatic carbocycles. The van der Waals surface area contributed by atoms with E-state index in [1.807, 2.05) is 0 Å². The molecule has 2 N–H and O–H groups in total. The van der Waals surface area contributed by atoms with Gasteiger partial charge in [-0.3, -0.25) is 0 Å². The molecular formula is C16H16N2S. The van der Waals surface area contributed by atoms with Crippen LogP contribution >= 0.6 is 11.3 Å². The number of rotatable bonds is 3. The molecule has 19 heavy (non-hydrogen) atoms. The average molecular weight is 268 g/mol. The summed E-state index contributed by atoms with van der Waals surface area (Å²) >= 11 is 1.75. The van der Waals surface area contributed by atoms with Crippen molar-refractivity contribution in [2.24, 2.45) is 5.73 Å². The lowest BCUT2D eigenvalue weighted by Crippen LogP contribution is -1.94. The fourth-order valence-electron chi connectivity index (χ4n) is 2.10. The molecule has 0 fully saturated rings. The second-order valence-electron chi connectivity index (χ2n) is 4.58. The van der Waals surface area contributed by atoms with E-state index in [1.54, 1.807) is 11.3 Å². The van der Waals surface area contributed by atoms with Crippen molar-refractivity contribution in [2.45, 2.75) is 19.9 Å². The van der Waals surface area contributed by atoms with Crippen LogP contribution in [0.1, 0.15) is 18.1 Å². The molecular weight excluding hydrogens is 252 g/mol. The van der Waals surface area contributed by atoms with Gasteiger partial charge in [0.25, 0.3) is 0 Å². The Morgan fingerprint density at radius 2 is 1.79 bits per heavy atom. The molecule has 2 nitrogen and oxygen atoms in total. The SMILES string of the molecule is CCc1ccc2nc(-c3ccc(CN)cc3)sc2c1. The van der Waals surface area contributed by atoms with Crippen molar-refractivity contribution in [1.29, 1.82) is 0 Å². The van der Waals surface area contributed by atoms with Crippen molar-refractivity contribution in [2.75, 3.05) is 0 Å². The number of aromatic nitrogens is 1. The van der Waals surface area contributed by atoms with Crippen molar-refractivity contribution in [1.82, 2.24) is 4.98 Å². The molecule has 1 aromatic heterocycles. The number of thiazole rings is 1. The summed E-state index contributed by atoms with van der Waals surface area (Å²) in [6.07, 6.45) is 1.06. The van der Waals surface area contributed by atoms with Gasteiger partial charge in [0.1, 0.15) is 5.01 Å². The number of nitrogens with two attached hydrogens (primary N) is 1. The first-order valence-electron chi connectivity index (χ1n) is 6.49. The summed E-state index contributed by atoms with van der Waals surface area (Å²) in [6, 6.07) is 14.8. The lowest BCUT2D eigenvalue weighted by molar-refractivity contribution is 1.07. The van der Waals surface area contributed by atoms with Crippen LogP contribution < -0.4 is 5.73 Å². The molecule has 0 amide bonds. The predicted octanol–water partition coefficient (Wildman–Crippen LogP) is 3.98. The fourth-order valence-corrected chi connectivity index (χ4v) is 3.13. The summed E-state index contributed by atoms with van der Waals surface area (Å²) < 4.78 is 1.26. The molecule has 0 spiro atoms. The van der Waals surface area contributed by atoms with E-state index < -0.39 is 0 Å². The van der Waals surface area contributed by atoms with Gasteiger partial charge in [-0.2, -0.15) is 0 Å². The van der Waals surface area contributed by atoms with E-state index in [9.17, 15) is 0 Å². The van der Waals surface area contributed by atoms with Crippen LogP contribution in [-0.2, 0) is 13.0 Å². The Morgan fingerprint density at radius 3 is 2.47 bits per heavy atom. The number of nitrogens with zero attached hydrogens (tertiary/aromatic N) is 1. The highest BCUT2D eigenvalue weighted by atomic mass is 32.1. The number of aryl methyl sites for hydroxylation is 1. The topological polar surface area (TPSA) is 38.9 Å². The summed E-state index contributed by atoms with van der Waals surface area (Å²) in [5, 5.41) is 1.08. The Morgan fingerprint density at radius 1 is 1.05 bits per heavy atom. The quantitative estimate of drug-likeness (QED) is 0.780. The molecule has 0 aliphatic rings. The summed E-state index contributed by atoms with van der Waals surface area (Å²) in [7, 11) is 0. The van der Waals surface area contributed by atoms with Gasteiger partial charge >= 0.3 is 0 Å². The monoisotopic (exact) mass is 268 g/mol. The fraction of sp³-hybridized carbons (Fsp3) is 0.188. The number of benzene rings is 2. The van der Waals surface area contributed by atoms with Crippen molar-refractivity contribution >= 4 is 21.6 Å². The highest BCUT2D eigenvalue weighted by molar-refractivity contribution is 7.21. The molecule has 3 heteroatoms. The molecule has 96 valence electrons. The van der Waals surface area contributed by atoms with Crippen LogP contribution in [0, 0.1) is 0 Å². The number of hydrogen-bond acceptors (Lipinski definition) is 3. The van der Waals surface area contributed by atoms with Crippen LogP contribution in [0.25, 0.3) is 20.8 Å². The third kappa shape index (κ3) is 2.39. The molecule has 0 radical (unpaired) electrons. The standard InChI is InChI=1S/C16H16N2S/c1-2-11-5-8-14-15(9-11)19-16(18-14)13-6-3-12(10-17)4-7-13/h3-9H,2,10,17H2,1H3. The lowest BCUT2D eigenvalue weighted by Gasteiger charge is -1.98. The molecule has 0 aliphatic carbocycles. The molecule has 0 aliphatic heterocycles. The third-order valence-corrected chi connectivity index (χ3v) is 4.36. The Labute approximate surface area is 116 Å². The first-order chi connectivity index (χ1) is 9.30. The molecule has 3 rings (SSSR count). The second kappa shape index (κ2) is 5.11. The number of hydrogen-bond donors (Lipinski definition) is 1. The minimum absolute atomic E-state index is 0.583. The van der Waals surface area contributed by atoms with E-state index in [2.05, 4.69) is 49.4 Å². The normalized spacial score (nSPS) is 11.1. The number of fused-ring (bicyclic) bond motifs is 1. The minimum Gasteiger partial charge on any atom is -0.326 e. The van der Waals surface area contributed by atoms with Crippen LogP contribution in [0.3, 0.4) is 0 Å². The first kappa shape index (κ1) is 12.3. The molecule has 0 atom stereocenters. The zero-order valence-corrected chi connectivity index (χ0v) is 11.7. The van der Waals surface area contributed by atoms with Crippen LogP contribution in [0.5, 0.6) is 0 Å². The Hall–Kier alpha value is -1.71. The maximum Gasteiger partial charge on any atom is 0.124 e. The first-order valence-corrected chi connectivity index (χ1v) is 7.30. The van der Waals surface area contributed by atoms with E-state index in [4.69, 9.17) is 10.7 Å². The Bertz CT molecular complexity index is 698. The zero-order chi connectivity index (χ0) is 13.2. The van der Waals surface area contributed by atoms with Gasteiger partial charge in [0.05, 0.1) is 10.2 Å². The largest absolute Gasteiger partial charge is 0.326 e. The van der Waals surface area contributed by atoms with Crippen molar-refractivity contribution in [3.05, 3.63) is 53.6 Å². The van der Waals surface area contributed by atoms with E-state index in [1.165, 1.54) is 10.3 Å². The predicted molar refractivity (Wildman–Crippen MR) is 82.3 cm³/mol. The van der Waals surface area contributed by atoms with E-state index in [0.717, 1.165) is 28.1 Å². The summed E-state index contributed by atoms with van der Waals surface area (Å²) in [5.74, 6) is 0. The molecule has 0 saturated heterocycles. The summed E-state index contributed by atoms with van der Waals surface area (Å²) in [6.45, 7) is 2.76. The van der Waals surface area contributed by atoms with E-state index in [-0.39, 0.29) is 0 Å². The smallest absolute Gasteiger partial charge is 0.124 e. The van der Waals surface area contributed by atoms with Crippen LogP contribution in [0.15, 0.2) is 42.5 Å². The van der Waals surface area contributed by atoms with Gasteiger partial charge in [-0.1, -0.05) is 37.3 Å². The molecule has 3 aromatic rings. The van der Waals surface area contributed by atoms with Gasteiger partial charge < -0.3 is 5.73 Å². The van der Waals surface area contributed by atoms with Crippen molar-refractivity contribution in [3.8, 4) is 10.6 Å². The second-order valence-corrected chi connectivity index (χ2v) is 5.61. The van der Waals surface area contributed by atoms with Gasteiger partial charge in [-0.15, -0.1) is 11.3 Å². The average Bonchev–Trinajstić information content (AvgIpc) is 2.90. The van der Waals surface area contributed by atoms with Gasteiger partial charge in [0, 0.05) is 12.1 Å². The van der Waals surface area contributed by atoms with Gasteiger partial charge in [0.15, 0.2) is 0 Å². The van der Waals surface area contributed by atoms with Crippen molar-refractivity contribution in [3.63, 3.8) is 0 Å². The molecule has 0 saturated carbocycles. The van der Waals surface area contributed by atoms with E-state index in [0.29, 0.717) is 6.54 Å². The van der Waals surface area contributed by atoms with Gasteiger partial charge in [0.2, 0.25) is 0 Å². The third-order valence-electron chi connectivity index (χ3n) is 3.30. The zero-order valence-electron chi connectivity index (χ0n) is 10.9. The summed E-state index contributed by atoms with van der Waals surface area (Å²) in [5.41, 5.74) is 10.4. The van der Waals surface area contributed by atoms with Gasteiger partial charge in [-0.25, -0.2) is 4.98 Å². The lowest BCUT2D eigenvalue weighted by atomic mass is 10.1. The maximum atomic E-state index is 5.62. The van der Waals surface area contributed by atoms with Crippen molar-refractivity contribution < 1.29 is 0 Å². The molecule has 0 unspecified atom stereocenters. The van der Waals surface area contributed by atoms with Crippen LogP contribution in [0.2, 0.25) is 0 Å². The van der Waals surface area contributed by atoms with Gasteiger partial charge in [-0.05, 0) is 29.7 Å². The highest BCUT2D eigenvalue weighted by Gasteiger charge is 2.06. The van der Waals surface area contributed by atoms with E-state index >= 15 is 0 Å². The maximum absolute atomic E-state index is 5.62. The minimum atomic E-state index is 0.583. The Kier molecular flexibility index (Phi) is 3.32. The highest BCUT2D eigenvalue weighted by Crippen LogP contribution is 2.30.